The Morgan fingerprint density at radius 3 is 2.60 bits per heavy atom. The summed E-state index contributed by atoms with van der Waals surface area (Å²) < 4.78 is 5.64. The first-order valence-electron chi connectivity index (χ1n) is 11.2. The van der Waals surface area contributed by atoms with Crippen molar-refractivity contribution < 1.29 is 19.1 Å². The predicted octanol–water partition coefficient (Wildman–Crippen LogP) is 3.64. The number of H-pyrrole nitrogens is 1. The van der Waals surface area contributed by atoms with E-state index in [1.54, 1.807) is 42.5 Å². The van der Waals surface area contributed by atoms with E-state index in [-0.39, 0.29) is 28.8 Å². The molecule has 0 spiro atoms. The molecule has 5 rings (SSSR count). The Kier molecular flexibility index (Phi) is 5.85. The van der Waals surface area contributed by atoms with Gasteiger partial charge >= 0.3 is 0 Å². The first-order valence-corrected chi connectivity index (χ1v) is 11.2. The van der Waals surface area contributed by atoms with Gasteiger partial charge in [-0.3, -0.25) is 14.4 Å². The summed E-state index contributed by atoms with van der Waals surface area (Å²) in [5.41, 5.74) is 8.96. The van der Waals surface area contributed by atoms with Crippen LogP contribution in [-0.2, 0) is 6.42 Å². The van der Waals surface area contributed by atoms with Gasteiger partial charge in [0.2, 0.25) is 5.78 Å². The number of ketones is 1. The molecular weight excluding hydrogens is 444 g/mol. The summed E-state index contributed by atoms with van der Waals surface area (Å²) in [6.07, 6.45) is 3.06. The van der Waals surface area contributed by atoms with E-state index in [0.717, 1.165) is 29.7 Å². The number of ether oxygens (including phenoxy) is 1. The molecule has 4 N–H and O–H groups in total. The number of Topliss-reactive ketones (excluding diaryl/α,β-unsaturated/α-hetero) is 1. The average Bonchev–Trinajstić information content (AvgIpc) is 3.42. The summed E-state index contributed by atoms with van der Waals surface area (Å²) in [5.74, 6) is -0.00302. The van der Waals surface area contributed by atoms with Gasteiger partial charge in [-0.15, -0.1) is 0 Å². The Morgan fingerprint density at radius 2 is 1.83 bits per heavy atom. The molecule has 0 bridgehead atoms. The fourth-order valence-corrected chi connectivity index (χ4v) is 3.97. The van der Waals surface area contributed by atoms with Crippen LogP contribution in [0.4, 0.5) is 0 Å². The summed E-state index contributed by atoms with van der Waals surface area (Å²) in [6.45, 7) is 0.518. The Hall–Kier alpha value is -4.72. The van der Waals surface area contributed by atoms with Crippen LogP contribution in [0.25, 0.3) is 17.1 Å². The van der Waals surface area contributed by atoms with Gasteiger partial charge in [-0.1, -0.05) is 30.3 Å². The average molecular weight is 466 g/mol. The zero-order valence-corrected chi connectivity index (χ0v) is 18.7. The Labute approximate surface area is 200 Å². The molecule has 0 atom stereocenters. The SMILES string of the molecule is NC(=O)c1cccc2c1O/C(=C\c1ccc(C(=O)NCCCc3nc4ccccc4[nH]3)cc1)C2=O. The van der Waals surface area contributed by atoms with E-state index in [1.807, 2.05) is 24.3 Å². The molecule has 0 fully saturated rings. The van der Waals surface area contributed by atoms with Gasteiger partial charge in [0.1, 0.15) is 5.82 Å². The molecule has 2 heterocycles. The van der Waals surface area contributed by atoms with Gasteiger partial charge in [0.05, 0.1) is 22.2 Å². The van der Waals surface area contributed by atoms with Crippen molar-refractivity contribution in [2.75, 3.05) is 6.54 Å². The van der Waals surface area contributed by atoms with E-state index in [2.05, 4.69) is 15.3 Å². The smallest absolute Gasteiger partial charge is 0.252 e. The van der Waals surface area contributed by atoms with Gasteiger partial charge in [0.15, 0.2) is 11.5 Å². The largest absolute Gasteiger partial charge is 0.452 e. The van der Waals surface area contributed by atoms with Gasteiger partial charge in [-0.05, 0) is 54.5 Å². The lowest BCUT2D eigenvalue weighted by Gasteiger charge is -2.05. The van der Waals surface area contributed by atoms with Crippen molar-refractivity contribution in [3.63, 3.8) is 0 Å². The molecule has 174 valence electrons. The summed E-state index contributed by atoms with van der Waals surface area (Å²) in [7, 11) is 0. The van der Waals surface area contributed by atoms with Crippen LogP contribution in [0, 0.1) is 0 Å². The number of fused-ring (bicyclic) bond motifs is 2. The molecular formula is C27H22N4O4. The Balaban J connectivity index is 1.17. The molecule has 1 aliphatic rings. The molecule has 0 saturated heterocycles. The lowest BCUT2D eigenvalue weighted by atomic mass is 10.1. The maximum Gasteiger partial charge on any atom is 0.252 e. The number of amides is 2. The Bertz CT molecular complexity index is 1450. The second kappa shape index (κ2) is 9.26. The maximum absolute atomic E-state index is 12.6. The van der Waals surface area contributed by atoms with Crippen molar-refractivity contribution in [1.29, 1.82) is 0 Å². The van der Waals surface area contributed by atoms with Crippen molar-refractivity contribution in [3.8, 4) is 5.75 Å². The number of aromatic amines is 1. The quantitative estimate of drug-likeness (QED) is 0.283. The number of aryl methyl sites for hydroxylation is 1. The molecule has 3 aromatic carbocycles. The number of allylic oxidation sites excluding steroid dienone is 1. The number of carbonyl (C=O) groups is 3. The molecule has 8 heteroatoms. The number of carbonyl (C=O) groups excluding carboxylic acids is 3. The number of nitrogens with zero attached hydrogens (tertiary/aromatic N) is 1. The summed E-state index contributed by atoms with van der Waals surface area (Å²) >= 11 is 0. The zero-order chi connectivity index (χ0) is 24.4. The van der Waals surface area contributed by atoms with Gasteiger partial charge in [-0.25, -0.2) is 4.98 Å². The normalized spacial score (nSPS) is 13.6. The number of imidazole rings is 1. The van der Waals surface area contributed by atoms with Crippen LogP contribution < -0.4 is 15.8 Å². The van der Waals surface area contributed by atoms with Gasteiger partial charge in [0.25, 0.3) is 11.8 Å². The lowest BCUT2D eigenvalue weighted by molar-refractivity contribution is 0.0951. The minimum absolute atomic E-state index is 0.0940. The fraction of sp³-hybridized carbons (Fsp3) is 0.111. The molecule has 2 amide bonds. The number of rotatable bonds is 7. The van der Waals surface area contributed by atoms with Crippen molar-refractivity contribution in [2.45, 2.75) is 12.8 Å². The number of nitrogens with two attached hydrogens (primary N) is 1. The highest BCUT2D eigenvalue weighted by atomic mass is 16.5. The molecule has 8 nitrogen and oxygen atoms in total. The number of primary amides is 1. The second-order valence-corrected chi connectivity index (χ2v) is 8.17. The van der Waals surface area contributed by atoms with Crippen LogP contribution in [0.3, 0.4) is 0 Å². The molecule has 1 aliphatic heterocycles. The molecule has 0 radical (unpaired) electrons. The van der Waals surface area contributed by atoms with Crippen LogP contribution in [0.15, 0.2) is 72.5 Å². The van der Waals surface area contributed by atoms with E-state index in [9.17, 15) is 14.4 Å². The minimum atomic E-state index is -0.663. The van der Waals surface area contributed by atoms with Crippen molar-refractivity contribution in [2.24, 2.45) is 5.73 Å². The topological polar surface area (TPSA) is 127 Å². The number of hydrogen-bond donors (Lipinski definition) is 3. The molecule has 0 unspecified atom stereocenters. The molecule has 4 aromatic rings. The highest BCUT2D eigenvalue weighted by Crippen LogP contribution is 2.34. The Morgan fingerprint density at radius 1 is 1.03 bits per heavy atom. The highest BCUT2D eigenvalue weighted by Gasteiger charge is 2.30. The molecule has 35 heavy (non-hydrogen) atoms. The monoisotopic (exact) mass is 466 g/mol. The minimum Gasteiger partial charge on any atom is -0.452 e. The van der Waals surface area contributed by atoms with Crippen LogP contribution in [0.5, 0.6) is 5.75 Å². The summed E-state index contributed by atoms with van der Waals surface area (Å²) in [5, 5.41) is 2.91. The van der Waals surface area contributed by atoms with Gasteiger partial charge in [0, 0.05) is 18.5 Å². The third-order valence-corrected chi connectivity index (χ3v) is 5.75. The zero-order valence-electron chi connectivity index (χ0n) is 18.7. The third kappa shape index (κ3) is 4.54. The molecule has 0 aliphatic carbocycles. The fourth-order valence-electron chi connectivity index (χ4n) is 3.97. The predicted molar refractivity (Wildman–Crippen MR) is 131 cm³/mol. The number of para-hydroxylation sites is 3. The first kappa shape index (κ1) is 22.1. The maximum atomic E-state index is 12.6. The van der Waals surface area contributed by atoms with E-state index in [1.165, 1.54) is 6.07 Å². The van der Waals surface area contributed by atoms with Crippen LogP contribution in [-0.4, -0.2) is 34.1 Å². The van der Waals surface area contributed by atoms with Crippen LogP contribution in [0.2, 0.25) is 0 Å². The van der Waals surface area contributed by atoms with E-state index < -0.39 is 5.91 Å². The van der Waals surface area contributed by atoms with Crippen molar-refractivity contribution in [1.82, 2.24) is 15.3 Å². The van der Waals surface area contributed by atoms with Crippen molar-refractivity contribution in [3.05, 3.63) is 101 Å². The van der Waals surface area contributed by atoms with E-state index >= 15 is 0 Å². The summed E-state index contributed by atoms with van der Waals surface area (Å²) in [4.78, 5) is 44.5. The molecule has 0 saturated carbocycles. The van der Waals surface area contributed by atoms with Crippen LogP contribution in [0.1, 0.15) is 48.9 Å². The first-order chi connectivity index (χ1) is 17.0. The van der Waals surface area contributed by atoms with E-state index in [0.29, 0.717) is 23.2 Å². The summed E-state index contributed by atoms with van der Waals surface area (Å²) in [6, 6.07) is 19.4. The number of nitrogens with one attached hydrogen (secondary N) is 2. The second-order valence-electron chi connectivity index (χ2n) is 8.17. The van der Waals surface area contributed by atoms with E-state index in [4.69, 9.17) is 10.5 Å². The highest BCUT2D eigenvalue weighted by molar-refractivity contribution is 6.16. The third-order valence-electron chi connectivity index (χ3n) is 5.75. The number of benzene rings is 3. The number of hydrogen-bond acceptors (Lipinski definition) is 5. The van der Waals surface area contributed by atoms with Crippen molar-refractivity contribution >= 4 is 34.7 Å². The lowest BCUT2D eigenvalue weighted by Crippen LogP contribution is -2.24. The standard InChI is InChI=1S/C27H22N4O4/c28-26(33)19-6-3-5-18-24(32)22(35-25(18)19)15-16-10-12-17(13-11-16)27(34)29-14-4-9-23-30-20-7-1-2-8-21(20)31-23/h1-3,5-8,10-13,15H,4,9,14H2,(H2,28,33)(H,29,34)(H,30,31)/b22-15-. The molecule has 1 aromatic heterocycles. The van der Waals surface area contributed by atoms with Gasteiger partial charge < -0.3 is 20.8 Å². The number of aromatic nitrogens is 2. The van der Waals surface area contributed by atoms with Crippen LogP contribution >= 0.6 is 0 Å². The van der Waals surface area contributed by atoms with Gasteiger partial charge in [-0.2, -0.15) is 0 Å².